The molecule has 1 aromatic heterocycles. The lowest BCUT2D eigenvalue weighted by molar-refractivity contribution is 0.584. The average Bonchev–Trinajstić information content (AvgIpc) is 2.20. The van der Waals surface area contributed by atoms with Crippen molar-refractivity contribution in [3.63, 3.8) is 0 Å². The molecular weight excluding hydrogens is 230 g/mol. The quantitative estimate of drug-likeness (QED) is 0.618. The third kappa shape index (κ3) is 3.99. The summed E-state index contributed by atoms with van der Waals surface area (Å²) in [5, 5.41) is 2.81. The second-order valence-electron chi connectivity index (χ2n) is 3.03. The normalized spacial score (nSPS) is 11.3. The van der Waals surface area contributed by atoms with Gasteiger partial charge in [0.2, 0.25) is 10.0 Å². The van der Waals surface area contributed by atoms with Crippen LogP contribution in [0.15, 0.2) is 12.4 Å². The van der Waals surface area contributed by atoms with E-state index in [4.69, 9.17) is 5.73 Å². The van der Waals surface area contributed by atoms with Crippen molar-refractivity contribution in [1.29, 1.82) is 0 Å². The van der Waals surface area contributed by atoms with E-state index < -0.39 is 10.0 Å². The van der Waals surface area contributed by atoms with Crippen molar-refractivity contribution >= 4 is 21.7 Å². The summed E-state index contributed by atoms with van der Waals surface area (Å²) >= 11 is 0. The second kappa shape index (κ2) is 5.61. The first kappa shape index (κ1) is 12.7. The number of nitrogens with zero attached hydrogens (tertiary/aromatic N) is 2. The zero-order valence-electron chi connectivity index (χ0n) is 8.97. The maximum atomic E-state index is 11.3. The van der Waals surface area contributed by atoms with Gasteiger partial charge in [-0.1, -0.05) is 6.92 Å². The van der Waals surface area contributed by atoms with Gasteiger partial charge in [0, 0.05) is 25.5 Å². The van der Waals surface area contributed by atoms with E-state index in [2.05, 4.69) is 20.0 Å². The Kier molecular flexibility index (Phi) is 4.44. The van der Waals surface area contributed by atoms with E-state index >= 15 is 0 Å². The van der Waals surface area contributed by atoms with E-state index in [1.807, 2.05) is 0 Å². The molecule has 8 heteroatoms. The van der Waals surface area contributed by atoms with Gasteiger partial charge in [-0.3, -0.25) is 0 Å². The minimum atomic E-state index is -3.22. The van der Waals surface area contributed by atoms with Crippen LogP contribution in [0.4, 0.5) is 11.6 Å². The highest BCUT2D eigenvalue weighted by Crippen LogP contribution is 2.08. The monoisotopic (exact) mass is 245 g/mol. The highest BCUT2D eigenvalue weighted by molar-refractivity contribution is 7.89. The van der Waals surface area contributed by atoms with E-state index in [0.29, 0.717) is 12.4 Å². The zero-order chi connectivity index (χ0) is 12.0. The molecule has 0 spiro atoms. The van der Waals surface area contributed by atoms with Crippen LogP contribution in [0.2, 0.25) is 0 Å². The Morgan fingerprint density at radius 2 is 2.06 bits per heavy atom. The Balaban J connectivity index is 2.45. The van der Waals surface area contributed by atoms with Crippen molar-refractivity contribution in [2.24, 2.45) is 0 Å². The highest BCUT2D eigenvalue weighted by atomic mass is 32.2. The van der Waals surface area contributed by atoms with Crippen LogP contribution in [0, 0.1) is 0 Å². The van der Waals surface area contributed by atoms with Gasteiger partial charge >= 0.3 is 0 Å². The highest BCUT2D eigenvalue weighted by Gasteiger charge is 2.08. The van der Waals surface area contributed by atoms with Gasteiger partial charge < -0.3 is 11.1 Å². The third-order valence-corrected chi connectivity index (χ3v) is 3.22. The van der Waals surface area contributed by atoms with E-state index in [0.717, 1.165) is 0 Å². The number of sulfonamides is 1. The molecule has 0 aliphatic carbocycles. The molecule has 0 saturated heterocycles. The summed E-state index contributed by atoms with van der Waals surface area (Å²) in [6.45, 7) is 2.35. The predicted octanol–water partition coefficient (Wildman–Crippen LogP) is -0.590. The van der Waals surface area contributed by atoms with Gasteiger partial charge in [-0.2, -0.15) is 0 Å². The van der Waals surface area contributed by atoms with Gasteiger partial charge in [0.1, 0.15) is 0 Å². The molecule has 0 radical (unpaired) electrons. The number of nitrogens with one attached hydrogen (secondary N) is 2. The van der Waals surface area contributed by atoms with Crippen molar-refractivity contribution in [3.05, 3.63) is 12.4 Å². The number of nitrogens with two attached hydrogens (primary N) is 1. The minimum Gasteiger partial charge on any atom is -0.381 e. The lowest BCUT2D eigenvalue weighted by Gasteiger charge is -2.07. The molecule has 0 unspecified atom stereocenters. The van der Waals surface area contributed by atoms with Crippen LogP contribution in [0.5, 0.6) is 0 Å². The lowest BCUT2D eigenvalue weighted by Crippen LogP contribution is -2.29. The van der Waals surface area contributed by atoms with E-state index in [-0.39, 0.29) is 18.1 Å². The van der Waals surface area contributed by atoms with Gasteiger partial charge in [-0.05, 0) is 0 Å². The van der Waals surface area contributed by atoms with Crippen LogP contribution in [-0.4, -0.2) is 37.2 Å². The molecule has 0 aromatic carbocycles. The number of nitrogen functional groups attached to an aromatic ring is 1. The molecule has 0 aliphatic heterocycles. The summed E-state index contributed by atoms with van der Waals surface area (Å²) in [6, 6.07) is 0. The Labute approximate surface area is 94.5 Å². The molecule has 4 N–H and O–H groups in total. The van der Waals surface area contributed by atoms with Gasteiger partial charge in [0.05, 0.1) is 5.75 Å². The average molecular weight is 245 g/mol. The lowest BCUT2D eigenvalue weighted by atomic mass is 10.5. The maximum absolute atomic E-state index is 11.3. The molecule has 7 nitrogen and oxygen atoms in total. The maximum Gasteiger partial charge on any atom is 0.213 e. The molecule has 0 aliphatic rings. The standard InChI is InChI=1S/C8H15N5O2S/c1-2-13-16(14,15)6-5-12-8-7(9)10-3-4-11-8/h3-4,13H,2,5-6H2,1H3,(H2,9,10)(H,11,12). The third-order valence-electron chi connectivity index (χ3n) is 1.75. The Morgan fingerprint density at radius 3 is 2.69 bits per heavy atom. The summed E-state index contributed by atoms with van der Waals surface area (Å²) in [5.74, 6) is 0.620. The molecule has 0 amide bonds. The first-order chi connectivity index (χ1) is 7.55. The molecule has 90 valence electrons. The summed E-state index contributed by atoms with van der Waals surface area (Å²) < 4.78 is 25.0. The number of aromatic nitrogens is 2. The van der Waals surface area contributed by atoms with E-state index in [1.165, 1.54) is 12.4 Å². The molecule has 16 heavy (non-hydrogen) atoms. The number of hydrogen-bond acceptors (Lipinski definition) is 6. The smallest absolute Gasteiger partial charge is 0.213 e. The van der Waals surface area contributed by atoms with Crippen molar-refractivity contribution in [1.82, 2.24) is 14.7 Å². The number of anilines is 2. The summed E-state index contributed by atoms with van der Waals surface area (Å²) in [4.78, 5) is 7.75. The topological polar surface area (TPSA) is 110 Å². The zero-order valence-corrected chi connectivity index (χ0v) is 9.79. The Hall–Kier alpha value is -1.41. The van der Waals surface area contributed by atoms with Gasteiger partial charge in [0.15, 0.2) is 11.6 Å². The van der Waals surface area contributed by atoms with Crippen LogP contribution in [0.1, 0.15) is 6.92 Å². The molecule has 0 fully saturated rings. The Bertz CT molecular complexity index is 434. The summed E-state index contributed by atoms with van der Waals surface area (Å²) in [5.41, 5.74) is 5.53. The Morgan fingerprint density at radius 1 is 1.38 bits per heavy atom. The van der Waals surface area contributed by atoms with Crippen LogP contribution >= 0.6 is 0 Å². The van der Waals surface area contributed by atoms with Gasteiger partial charge in [0.25, 0.3) is 0 Å². The van der Waals surface area contributed by atoms with Gasteiger partial charge in [-0.15, -0.1) is 0 Å². The van der Waals surface area contributed by atoms with Crippen molar-refractivity contribution in [2.45, 2.75) is 6.92 Å². The molecule has 0 bridgehead atoms. The van der Waals surface area contributed by atoms with Crippen molar-refractivity contribution in [2.75, 3.05) is 29.9 Å². The van der Waals surface area contributed by atoms with E-state index in [9.17, 15) is 8.42 Å². The summed E-state index contributed by atoms with van der Waals surface area (Å²) in [6.07, 6.45) is 2.95. The van der Waals surface area contributed by atoms with Crippen LogP contribution in [0.25, 0.3) is 0 Å². The SMILES string of the molecule is CCNS(=O)(=O)CCNc1nccnc1N. The van der Waals surface area contributed by atoms with Crippen molar-refractivity contribution < 1.29 is 8.42 Å². The molecule has 0 saturated carbocycles. The van der Waals surface area contributed by atoms with Crippen molar-refractivity contribution in [3.8, 4) is 0 Å². The predicted molar refractivity (Wildman–Crippen MR) is 62.4 cm³/mol. The largest absolute Gasteiger partial charge is 0.381 e. The molecule has 1 heterocycles. The second-order valence-corrected chi connectivity index (χ2v) is 4.96. The molecule has 1 aromatic rings. The fraction of sp³-hybridized carbons (Fsp3) is 0.500. The number of rotatable bonds is 6. The fourth-order valence-corrected chi connectivity index (χ4v) is 2.04. The van der Waals surface area contributed by atoms with Crippen LogP contribution in [-0.2, 0) is 10.0 Å². The fourth-order valence-electron chi connectivity index (χ4n) is 1.08. The van der Waals surface area contributed by atoms with E-state index in [1.54, 1.807) is 6.92 Å². The minimum absolute atomic E-state index is 0.0309. The first-order valence-corrected chi connectivity index (χ1v) is 6.48. The molecule has 0 atom stereocenters. The number of hydrogen-bond donors (Lipinski definition) is 3. The first-order valence-electron chi connectivity index (χ1n) is 4.83. The van der Waals surface area contributed by atoms with Gasteiger partial charge in [-0.25, -0.2) is 23.1 Å². The molecular formula is C8H15N5O2S. The molecule has 1 rings (SSSR count). The van der Waals surface area contributed by atoms with Crippen LogP contribution in [0.3, 0.4) is 0 Å². The summed E-state index contributed by atoms with van der Waals surface area (Å²) in [7, 11) is -3.22. The van der Waals surface area contributed by atoms with Crippen LogP contribution < -0.4 is 15.8 Å².